The van der Waals surface area contributed by atoms with Crippen LogP contribution in [0.1, 0.15) is 21.6 Å². The minimum Gasteiger partial charge on any atom is -0.389 e. The fourth-order valence-electron chi connectivity index (χ4n) is 3.86. The Morgan fingerprint density at radius 3 is 1.78 bits per heavy atom. The van der Waals surface area contributed by atoms with E-state index in [9.17, 15) is 14.4 Å². The van der Waals surface area contributed by atoms with Gasteiger partial charge in [0.25, 0.3) is 0 Å². The van der Waals surface area contributed by atoms with Crippen LogP contribution in [-0.2, 0) is 10.8 Å². The van der Waals surface area contributed by atoms with Crippen LogP contribution in [0.25, 0.3) is 0 Å². The molecule has 0 saturated carbocycles. The molecule has 3 aliphatic rings. The van der Waals surface area contributed by atoms with Gasteiger partial charge in [-0.2, -0.15) is 0 Å². The molecular weight excluding hydrogens is 248 g/mol. The number of rotatable bonds is 0. The maximum atomic E-state index is 12.5. The molecule has 2 aliphatic heterocycles. The largest absolute Gasteiger partial charge is 0.389 e. The zero-order valence-electron chi connectivity index (χ0n) is 9.64. The summed E-state index contributed by atoms with van der Waals surface area (Å²) in [6.45, 7) is 0. The third-order valence-electron chi connectivity index (χ3n) is 4.55. The van der Waals surface area contributed by atoms with Crippen molar-refractivity contribution in [1.82, 2.24) is 0 Å². The summed E-state index contributed by atoms with van der Waals surface area (Å²) >= 11 is 0. The van der Waals surface area contributed by atoms with Crippen molar-refractivity contribution >= 4 is 10.8 Å². The topological polar surface area (TPSA) is 57.5 Å². The first-order valence-electron chi connectivity index (χ1n) is 6.23. The Bertz CT molecular complexity index is 521. The van der Waals surface area contributed by atoms with E-state index in [1.807, 2.05) is 24.3 Å². The summed E-state index contributed by atoms with van der Waals surface area (Å²) in [5, 5.41) is 20.0. The first kappa shape index (κ1) is 10.9. The van der Waals surface area contributed by atoms with Gasteiger partial charge in [0.2, 0.25) is 0 Å². The van der Waals surface area contributed by atoms with Gasteiger partial charge in [-0.05, 0) is 11.1 Å². The normalized spacial score (nSPS) is 48.0. The molecule has 0 aromatic heterocycles. The van der Waals surface area contributed by atoms with Gasteiger partial charge in [0.05, 0.1) is 22.7 Å². The number of aliphatic hydroxyl groups excluding tert-OH is 2. The fourth-order valence-corrected chi connectivity index (χ4v) is 6.41. The molecule has 0 radical (unpaired) electrons. The lowest BCUT2D eigenvalue weighted by Crippen LogP contribution is -2.40. The van der Waals surface area contributed by atoms with E-state index in [2.05, 4.69) is 0 Å². The fraction of sp³-hybridized carbons (Fsp3) is 0.429. The minimum absolute atomic E-state index is 0.106. The van der Waals surface area contributed by atoms with E-state index >= 15 is 0 Å². The standard InChI is InChI=1S/C14H14O3S/c15-9-5-6-10(16)12-11(9)13-7-3-1-2-4-8(7)14(12)18(13)17/h1-6,9-16H/t9-,10+,11-,12+,13+,14-,18?. The molecule has 1 aromatic carbocycles. The Morgan fingerprint density at radius 2 is 1.33 bits per heavy atom. The molecule has 0 amide bonds. The Morgan fingerprint density at radius 1 is 0.889 bits per heavy atom. The molecule has 2 N–H and O–H groups in total. The van der Waals surface area contributed by atoms with Crippen molar-refractivity contribution in [1.29, 1.82) is 0 Å². The van der Waals surface area contributed by atoms with Crippen LogP contribution >= 0.6 is 0 Å². The molecule has 4 rings (SSSR count). The van der Waals surface area contributed by atoms with Crippen LogP contribution < -0.4 is 0 Å². The van der Waals surface area contributed by atoms with Crippen LogP contribution in [0.4, 0.5) is 0 Å². The molecule has 4 heteroatoms. The van der Waals surface area contributed by atoms with E-state index in [0.29, 0.717) is 0 Å². The van der Waals surface area contributed by atoms with Gasteiger partial charge in [0.1, 0.15) is 0 Å². The van der Waals surface area contributed by atoms with E-state index in [1.165, 1.54) is 0 Å². The number of fused-ring (bicyclic) bond motifs is 8. The van der Waals surface area contributed by atoms with Gasteiger partial charge >= 0.3 is 0 Å². The van der Waals surface area contributed by atoms with Crippen LogP contribution in [0.15, 0.2) is 36.4 Å². The van der Waals surface area contributed by atoms with Gasteiger partial charge in [-0.25, -0.2) is 0 Å². The second-order valence-electron chi connectivity index (χ2n) is 5.32. The highest BCUT2D eigenvalue weighted by molar-refractivity contribution is 7.86. The number of hydrogen-bond donors (Lipinski definition) is 2. The zero-order chi connectivity index (χ0) is 12.4. The molecule has 0 spiro atoms. The number of aliphatic hydroxyl groups is 2. The predicted molar refractivity (Wildman–Crippen MR) is 68.2 cm³/mol. The monoisotopic (exact) mass is 262 g/mol. The molecule has 7 atom stereocenters. The average molecular weight is 262 g/mol. The van der Waals surface area contributed by atoms with Gasteiger partial charge in [-0.3, -0.25) is 4.21 Å². The molecule has 1 fully saturated rings. The summed E-state index contributed by atoms with van der Waals surface area (Å²) in [6.07, 6.45) is 2.11. The summed E-state index contributed by atoms with van der Waals surface area (Å²) < 4.78 is 12.5. The first-order chi connectivity index (χ1) is 8.70. The molecule has 1 saturated heterocycles. The molecule has 1 aliphatic carbocycles. The van der Waals surface area contributed by atoms with E-state index in [-0.39, 0.29) is 22.3 Å². The quantitative estimate of drug-likeness (QED) is 0.688. The predicted octanol–water partition coefficient (Wildman–Crippen LogP) is 1.07. The Labute approximate surface area is 108 Å². The third-order valence-corrected chi connectivity index (χ3v) is 6.68. The van der Waals surface area contributed by atoms with Crippen molar-refractivity contribution in [3.63, 3.8) is 0 Å². The lowest BCUT2D eigenvalue weighted by atomic mass is 9.68. The minimum atomic E-state index is -1.02. The number of hydrogen-bond acceptors (Lipinski definition) is 3. The molecule has 3 nitrogen and oxygen atoms in total. The highest BCUT2D eigenvalue weighted by Crippen LogP contribution is 2.62. The number of benzene rings is 1. The molecular formula is C14H14O3S. The summed E-state index contributed by atoms with van der Waals surface area (Å²) in [5.74, 6) is -0.212. The third kappa shape index (κ3) is 1.14. The van der Waals surface area contributed by atoms with Crippen LogP contribution in [0, 0.1) is 11.8 Å². The van der Waals surface area contributed by atoms with Gasteiger partial charge < -0.3 is 10.2 Å². The highest BCUT2D eigenvalue weighted by Gasteiger charge is 2.60. The summed E-state index contributed by atoms with van der Waals surface area (Å²) in [4.78, 5) is 0. The Hall–Kier alpha value is -0.970. The lowest BCUT2D eigenvalue weighted by molar-refractivity contribution is 0.0340. The lowest BCUT2D eigenvalue weighted by Gasteiger charge is -2.37. The van der Waals surface area contributed by atoms with Crippen LogP contribution in [-0.4, -0.2) is 26.6 Å². The second kappa shape index (κ2) is 3.53. The highest BCUT2D eigenvalue weighted by atomic mass is 32.2. The van der Waals surface area contributed by atoms with E-state index in [4.69, 9.17) is 0 Å². The second-order valence-corrected chi connectivity index (χ2v) is 6.99. The average Bonchev–Trinajstić information content (AvgIpc) is 2.84. The van der Waals surface area contributed by atoms with E-state index in [0.717, 1.165) is 11.1 Å². The molecule has 2 bridgehead atoms. The summed E-state index contributed by atoms with van der Waals surface area (Å²) in [5.41, 5.74) is 2.20. The van der Waals surface area contributed by atoms with Crippen molar-refractivity contribution < 1.29 is 14.4 Å². The van der Waals surface area contributed by atoms with Gasteiger partial charge in [0.15, 0.2) is 0 Å². The molecule has 1 unspecified atom stereocenters. The van der Waals surface area contributed by atoms with Crippen molar-refractivity contribution in [2.45, 2.75) is 22.7 Å². The van der Waals surface area contributed by atoms with Crippen molar-refractivity contribution in [3.8, 4) is 0 Å². The molecule has 94 valence electrons. The maximum Gasteiger partial charge on any atom is 0.0769 e. The summed E-state index contributed by atoms with van der Waals surface area (Å²) in [7, 11) is -1.02. The van der Waals surface area contributed by atoms with Crippen LogP contribution in [0.5, 0.6) is 0 Å². The maximum absolute atomic E-state index is 12.5. The first-order valence-corrected chi connectivity index (χ1v) is 7.50. The van der Waals surface area contributed by atoms with Crippen LogP contribution in [0.2, 0.25) is 0 Å². The summed E-state index contributed by atoms with van der Waals surface area (Å²) in [6, 6.07) is 7.91. The molecule has 2 heterocycles. The molecule has 18 heavy (non-hydrogen) atoms. The van der Waals surface area contributed by atoms with Gasteiger partial charge in [-0.1, -0.05) is 36.4 Å². The van der Waals surface area contributed by atoms with Gasteiger partial charge in [0, 0.05) is 22.6 Å². The zero-order valence-corrected chi connectivity index (χ0v) is 10.5. The van der Waals surface area contributed by atoms with E-state index < -0.39 is 23.0 Å². The van der Waals surface area contributed by atoms with E-state index in [1.54, 1.807) is 12.2 Å². The molecule has 1 aromatic rings. The van der Waals surface area contributed by atoms with Crippen molar-refractivity contribution in [2.24, 2.45) is 11.8 Å². The SMILES string of the molecule is O=S1[C@@H]2c3ccccc3[C@H]1[C@H]1[C@@H]2[C@@H](O)C=C[C@H]1O. The van der Waals surface area contributed by atoms with Gasteiger partial charge in [-0.15, -0.1) is 0 Å². The van der Waals surface area contributed by atoms with Crippen molar-refractivity contribution in [2.75, 3.05) is 0 Å². The Balaban J connectivity index is 1.92. The van der Waals surface area contributed by atoms with Crippen LogP contribution in [0.3, 0.4) is 0 Å². The van der Waals surface area contributed by atoms with Crippen molar-refractivity contribution in [3.05, 3.63) is 47.5 Å². The smallest absolute Gasteiger partial charge is 0.0769 e. The Kier molecular flexibility index (Phi) is 2.14.